The summed E-state index contributed by atoms with van der Waals surface area (Å²) in [6, 6.07) is 19.5. The van der Waals surface area contributed by atoms with Gasteiger partial charge in [-0.2, -0.15) is 0 Å². The van der Waals surface area contributed by atoms with Crippen molar-refractivity contribution in [3.05, 3.63) is 94.5 Å². The maximum Gasteiger partial charge on any atom is 0.343 e. The molecular formula is C26H26O4. The monoisotopic (exact) mass is 402 g/mol. The summed E-state index contributed by atoms with van der Waals surface area (Å²) in [5.41, 5.74) is 3.48. The molecule has 3 aromatic rings. The van der Waals surface area contributed by atoms with E-state index >= 15 is 0 Å². The van der Waals surface area contributed by atoms with Crippen molar-refractivity contribution in [3.63, 3.8) is 0 Å². The summed E-state index contributed by atoms with van der Waals surface area (Å²) in [5.74, 6) is -0.0374. The van der Waals surface area contributed by atoms with Gasteiger partial charge >= 0.3 is 11.9 Å². The second-order valence-electron chi connectivity index (χ2n) is 7.76. The van der Waals surface area contributed by atoms with Gasteiger partial charge in [-0.1, -0.05) is 56.3 Å². The van der Waals surface area contributed by atoms with Gasteiger partial charge in [0.1, 0.15) is 0 Å². The van der Waals surface area contributed by atoms with Gasteiger partial charge in [0, 0.05) is 5.56 Å². The van der Waals surface area contributed by atoms with E-state index in [9.17, 15) is 9.59 Å². The molecule has 0 aromatic heterocycles. The van der Waals surface area contributed by atoms with Crippen LogP contribution in [0.25, 0.3) is 0 Å². The molecule has 3 rings (SSSR count). The summed E-state index contributed by atoms with van der Waals surface area (Å²) in [7, 11) is 0. The maximum atomic E-state index is 12.8. The van der Waals surface area contributed by atoms with Gasteiger partial charge in [0.25, 0.3) is 0 Å². The average molecular weight is 402 g/mol. The van der Waals surface area contributed by atoms with Crippen molar-refractivity contribution in [2.24, 2.45) is 5.92 Å². The third kappa shape index (κ3) is 4.95. The third-order valence-electron chi connectivity index (χ3n) is 4.77. The molecule has 0 atom stereocenters. The van der Waals surface area contributed by atoms with Crippen LogP contribution >= 0.6 is 0 Å². The third-order valence-corrected chi connectivity index (χ3v) is 4.77. The normalized spacial score (nSPS) is 10.7. The standard InChI is InChI=1S/C26H26O4/c1-17(2)15-22-18(3)16-19(4)23(29-25(27)20-11-7-5-8-12-20)24(22)30-26(28)21-13-9-6-10-14-21/h5-14,16-17H,15H2,1-4H3. The van der Waals surface area contributed by atoms with Gasteiger partial charge in [0.2, 0.25) is 0 Å². The SMILES string of the molecule is Cc1cc(C)c(OC(=O)c2ccccc2)c(OC(=O)c2ccccc2)c1CC(C)C. The second-order valence-corrected chi connectivity index (χ2v) is 7.76. The molecule has 0 unspecified atom stereocenters. The summed E-state index contributed by atoms with van der Waals surface area (Å²) < 4.78 is 11.6. The fourth-order valence-electron chi connectivity index (χ4n) is 3.32. The van der Waals surface area contributed by atoms with Gasteiger partial charge in [0.05, 0.1) is 11.1 Å². The molecule has 0 amide bonds. The number of carbonyl (C=O) groups is 2. The average Bonchev–Trinajstić information content (AvgIpc) is 2.74. The topological polar surface area (TPSA) is 52.6 Å². The van der Waals surface area contributed by atoms with Gasteiger partial charge in [0.15, 0.2) is 11.5 Å². The number of carbonyl (C=O) groups excluding carboxylic acids is 2. The summed E-state index contributed by atoms with van der Waals surface area (Å²) in [4.78, 5) is 25.5. The molecule has 0 aliphatic rings. The largest absolute Gasteiger partial charge is 0.419 e. The van der Waals surface area contributed by atoms with Crippen LogP contribution in [-0.4, -0.2) is 11.9 Å². The molecule has 0 heterocycles. The fourth-order valence-corrected chi connectivity index (χ4v) is 3.32. The van der Waals surface area contributed by atoms with Crippen LogP contribution in [-0.2, 0) is 6.42 Å². The van der Waals surface area contributed by atoms with Crippen molar-refractivity contribution in [3.8, 4) is 11.5 Å². The van der Waals surface area contributed by atoms with Crippen LogP contribution in [0.2, 0.25) is 0 Å². The molecule has 154 valence electrons. The van der Waals surface area contributed by atoms with Gasteiger partial charge in [-0.25, -0.2) is 9.59 Å². The molecule has 3 aromatic carbocycles. The van der Waals surface area contributed by atoms with E-state index in [1.54, 1.807) is 48.5 Å². The highest BCUT2D eigenvalue weighted by atomic mass is 16.6. The Morgan fingerprint density at radius 2 is 1.20 bits per heavy atom. The number of aryl methyl sites for hydroxylation is 2. The lowest BCUT2D eigenvalue weighted by molar-refractivity contribution is 0.0679. The molecule has 0 N–H and O–H groups in total. The van der Waals surface area contributed by atoms with E-state index in [0.29, 0.717) is 29.2 Å². The first-order chi connectivity index (χ1) is 14.4. The lowest BCUT2D eigenvalue weighted by Crippen LogP contribution is -2.16. The Morgan fingerprint density at radius 3 is 1.67 bits per heavy atom. The smallest absolute Gasteiger partial charge is 0.343 e. The Morgan fingerprint density at radius 1 is 0.733 bits per heavy atom. The number of esters is 2. The van der Waals surface area contributed by atoms with Crippen molar-refractivity contribution in [2.75, 3.05) is 0 Å². The predicted octanol–water partition coefficient (Wildman–Crippen LogP) is 5.94. The first-order valence-corrected chi connectivity index (χ1v) is 10.0. The highest BCUT2D eigenvalue weighted by Crippen LogP contribution is 2.39. The zero-order valence-corrected chi connectivity index (χ0v) is 17.8. The van der Waals surface area contributed by atoms with Crippen molar-refractivity contribution < 1.29 is 19.1 Å². The molecule has 4 nitrogen and oxygen atoms in total. The van der Waals surface area contributed by atoms with Crippen molar-refractivity contribution >= 4 is 11.9 Å². The van der Waals surface area contributed by atoms with Crippen molar-refractivity contribution in [2.45, 2.75) is 34.1 Å². The van der Waals surface area contributed by atoms with E-state index in [-0.39, 0.29) is 5.75 Å². The fraction of sp³-hybridized carbons (Fsp3) is 0.231. The van der Waals surface area contributed by atoms with Crippen LogP contribution in [0.3, 0.4) is 0 Å². The summed E-state index contributed by atoms with van der Waals surface area (Å²) in [6.45, 7) is 8.02. The number of rotatable bonds is 6. The van der Waals surface area contributed by atoms with Gasteiger partial charge in [-0.3, -0.25) is 0 Å². The minimum absolute atomic E-state index is 0.286. The number of benzene rings is 3. The quantitative estimate of drug-likeness (QED) is 0.378. The Hall–Kier alpha value is -3.40. The van der Waals surface area contributed by atoms with Crippen LogP contribution in [0.15, 0.2) is 66.7 Å². The van der Waals surface area contributed by atoms with E-state index in [1.165, 1.54) is 0 Å². The Labute approximate surface area is 177 Å². The molecule has 0 saturated carbocycles. The number of hydrogen-bond donors (Lipinski definition) is 0. The predicted molar refractivity (Wildman–Crippen MR) is 117 cm³/mol. The first-order valence-electron chi connectivity index (χ1n) is 10.0. The zero-order chi connectivity index (χ0) is 21.7. The molecule has 4 heteroatoms. The Balaban J connectivity index is 2.05. The molecule has 0 radical (unpaired) electrons. The van der Waals surface area contributed by atoms with Gasteiger partial charge < -0.3 is 9.47 Å². The molecule has 0 aliphatic heterocycles. The lowest BCUT2D eigenvalue weighted by Gasteiger charge is -2.20. The van der Waals surface area contributed by atoms with Crippen LogP contribution < -0.4 is 9.47 Å². The van der Waals surface area contributed by atoms with Gasteiger partial charge in [-0.05, 0) is 61.6 Å². The maximum absolute atomic E-state index is 12.8. The summed E-state index contributed by atoms with van der Waals surface area (Å²) >= 11 is 0. The number of ether oxygens (including phenoxy) is 2. The van der Waals surface area contributed by atoms with Crippen molar-refractivity contribution in [1.29, 1.82) is 0 Å². The Kier molecular flexibility index (Phi) is 6.68. The van der Waals surface area contributed by atoms with E-state index in [0.717, 1.165) is 16.7 Å². The van der Waals surface area contributed by atoms with Crippen LogP contribution in [0.1, 0.15) is 51.3 Å². The summed E-state index contributed by atoms with van der Waals surface area (Å²) in [6.07, 6.45) is 0.694. The molecule has 0 bridgehead atoms. The lowest BCUT2D eigenvalue weighted by atomic mass is 9.95. The highest BCUT2D eigenvalue weighted by molar-refractivity contribution is 5.93. The first kappa shape index (κ1) is 21.3. The summed E-state index contributed by atoms with van der Waals surface area (Å²) in [5, 5.41) is 0. The van der Waals surface area contributed by atoms with Crippen LogP contribution in [0, 0.1) is 19.8 Å². The number of hydrogen-bond acceptors (Lipinski definition) is 4. The molecule has 0 saturated heterocycles. The van der Waals surface area contributed by atoms with Gasteiger partial charge in [-0.15, -0.1) is 0 Å². The van der Waals surface area contributed by atoms with Crippen LogP contribution in [0.5, 0.6) is 11.5 Å². The van der Waals surface area contributed by atoms with E-state index in [1.807, 2.05) is 32.0 Å². The van der Waals surface area contributed by atoms with E-state index in [4.69, 9.17) is 9.47 Å². The van der Waals surface area contributed by atoms with E-state index in [2.05, 4.69) is 13.8 Å². The van der Waals surface area contributed by atoms with Crippen molar-refractivity contribution in [1.82, 2.24) is 0 Å². The highest BCUT2D eigenvalue weighted by Gasteiger charge is 2.24. The molecule has 0 aliphatic carbocycles. The minimum Gasteiger partial charge on any atom is -0.419 e. The zero-order valence-electron chi connectivity index (χ0n) is 17.8. The Bertz CT molecular complexity index is 1040. The molecule has 30 heavy (non-hydrogen) atoms. The van der Waals surface area contributed by atoms with E-state index < -0.39 is 11.9 Å². The molecular weight excluding hydrogens is 376 g/mol. The molecule has 0 spiro atoms. The minimum atomic E-state index is -0.491. The second kappa shape index (κ2) is 9.40. The van der Waals surface area contributed by atoms with Crippen LogP contribution in [0.4, 0.5) is 0 Å². The molecule has 0 fully saturated rings.